The number of halogens is 1. The molecule has 0 saturated heterocycles. The van der Waals surface area contributed by atoms with Crippen molar-refractivity contribution in [3.8, 4) is 0 Å². The number of rotatable bonds is 3. The van der Waals surface area contributed by atoms with Gasteiger partial charge in [-0.1, -0.05) is 39.0 Å². The number of benzene rings is 1. The van der Waals surface area contributed by atoms with Gasteiger partial charge in [0, 0.05) is 14.9 Å². The van der Waals surface area contributed by atoms with Crippen LogP contribution in [0.25, 0.3) is 0 Å². The molecule has 0 N–H and O–H groups in total. The van der Waals surface area contributed by atoms with E-state index in [0.29, 0.717) is 5.56 Å². The Balaban J connectivity index is 2.22. The molecule has 0 aliphatic carbocycles. The van der Waals surface area contributed by atoms with E-state index in [1.54, 1.807) is 29.2 Å². The summed E-state index contributed by atoms with van der Waals surface area (Å²) in [6.45, 7) is 1.92. The van der Waals surface area contributed by atoms with Gasteiger partial charge < -0.3 is 0 Å². The number of aromatic nitrogens is 2. The number of nitrogens with zero attached hydrogens (tertiary/aromatic N) is 2. The van der Waals surface area contributed by atoms with Crippen molar-refractivity contribution in [2.45, 2.75) is 16.2 Å². The summed E-state index contributed by atoms with van der Waals surface area (Å²) < 4.78 is 1.71. The van der Waals surface area contributed by atoms with Crippen molar-refractivity contribution in [2.75, 3.05) is 0 Å². The average Bonchev–Trinajstić information content (AvgIpc) is 2.64. The SMILES string of the molecule is Cc1nnc(Sc2ccc(C=O)c(Br)c2)s1. The summed E-state index contributed by atoms with van der Waals surface area (Å²) >= 11 is 6.44. The van der Waals surface area contributed by atoms with Crippen LogP contribution in [-0.4, -0.2) is 16.5 Å². The summed E-state index contributed by atoms with van der Waals surface area (Å²) in [4.78, 5) is 11.7. The summed E-state index contributed by atoms with van der Waals surface area (Å²) in [5.74, 6) is 0. The molecule has 3 nitrogen and oxygen atoms in total. The molecule has 0 bridgehead atoms. The van der Waals surface area contributed by atoms with E-state index in [-0.39, 0.29) is 0 Å². The van der Waals surface area contributed by atoms with Crippen LogP contribution in [0.5, 0.6) is 0 Å². The Morgan fingerprint density at radius 1 is 1.44 bits per heavy atom. The third-order valence-corrected chi connectivity index (χ3v) is 4.38. The van der Waals surface area contributed by atoms with Crippen LogP contribution in [-0.2, 0) is 0 Å². The summed E-state index contributed by atoms with van der Waals surface area (Å²) in [5, 5.41) is 8.93. The highest BCUT2D eigenvalue weighted by Crippen LogP contribution is 2.32. The van der Waals surface area contributed by atoms with E-state index in [2.05, 4.69) is 26.1 Å². The lowest BCUT2D eigenvalue weighted by molar-refractivity contribution is 0.112. The topological polar surface area (TPSA) is 42.9 Å². The van der Waals surface area contributed by atoms with Crippen molar-refractivity contribution >= 4 is 45.3 Å². The Kier molecular flexibility index (Phi) is 3.73. The highest BCUT2D eigenvalue weighted by molar-refractivity contribution is 9.10. The molecule has 0 unspecified atom stereocenters. The van der Waals surface area contributed by atoms with Gasteiger partial charge in [-0.3, -0.25) is 4.79 Å². The first-order valence-corrected chi connectivity index (χ1v) is 6.84. The molecule has 2 rings (SSSR count). The lowest BCUT2D eigenvalue weighted by Crippen LogP contribution is -1.82. The Morgan fingerprint density at radius 3 is 2.81 bits per heavy atom. The summed E-state index contributed by atoms with van der Waals surface area (Å²) in [5.41, 5.74) is 0.651. The number of carbonyl (C=O) groups excluding carboxylic acids is 1. The minimum absolute atomic E-state index is 0.651. The number of hydrogen-bond acceptors (Lipinski definition) is 5. The molecule has 0 aliphatic rings. The van der Waals surface area contributed by atoms with Gasteiger partial charge in [-0.15, -0.1) is 10.2 Å². The third kappa shape index (κ3) is 2.69. The van der Waals surface area contributed by atoms with E-state index in [0.717, 1.165) is 25.0 Å². The van der Waals surface area contributed by atoms with Gasteiger partial charge in [-0.25, -0.2) is 0 Å². The van der Waals surface area contributed by atoms with Gasteiger partial charge in [0.05, 0.1) is 0 Å². The molecule has 0 saturated carbocycles. The zero-order valence-corrected chi connectivity index (χ0v) is 11.5. The number of hydrogen-bond donors (Lipinski definition) is 0. The van der Waals surface area contributed by atoms with Gasteiger partial charge in [-0.2, -0.15) is 0 Å². The van der Waals surface area contributed by atoms with Crippen LogP contribution in [0.1, 0.15) is 15.4 Å². The molecule has 0 radical (unpaired) electrons. The fraction of sp³-hybridized carbons (Fsp3) is 0.100. The molecule has 2 aromatic rings. The molecule has 0 spiro atoms. The molecule has 1 heterocycles. The maximum Gasteiger partial charge on any atom is 0.179 e. The van der Waals surface area contributed by atoms with E-state index in [1.807, 2.05) is 19.1 Å². The van der Waals surface area contributed by atoms with Crippen LogP contribution in [0.15, 0.2) is 31.9 Å². The van der Waals surface area contributed by atoms with Crippen LogP contribution < -0.4 is 0 Å². The Labute approximate surface area is 109 Å². The maximum absolute atomic E-state index is 10.6. The highest BCUT2D eigenvalue weighted by atomic mass is 79.9. The number of aryl methyl sites for hydroxylation is 1. The second kappa shape index (κ2) is 5.07. The van der Waals surface area contributed by atoms with Gasteiger partial charge in [0.2, 0.25) is 0 Å². The molecular weight excluding hydrogens is 308 g/mol. The van der Waals surface area contributed by atoms with Crippen LogP contribution in [0.3, 0.4) is 0 Å². The molecule has 6 heteroatoms. The minimum atomic E-state index is 0.651. The second-order valence-corrected chi connectivity index (χ2v) is 6.35. The summed E-state index contributed by atoms with van der Waals surface area (Å²) in [6.07, 6.45) is 0.827. The van der Waals surface area contributed by atoms with Crippen LogP contribution in [0.4, 0.5) is 0 Å². The van der Waals surface area contributed by atoms with Gasteiger partial charge in [0.25, 0.3) is 0 Å². The van der Waals surface area contributed by atoms with E-state index in [4.69, 9.17) is 0 Å². The smallest absolute Gasteiger partial charge is 0.179 e. The molecule has 0 fully saturated rings. The van der Waals surface area contributed by atoms with E-state index in [9.17, 15) is 4.79 Å². The Bertz CT molecular complexity index is 527. The zero-order chi connectivity index (χ0) is 11.5. The lowest BCUT2D eigenvalue weighted by atomic mass is 10.2. The monoisotopic (exact) mass is 314 g/mol. The van der Waals surface area contributed by atoms with Crippen molar-refractivity contribution in [3.63, 3.8) is 0 Å². The van der Waals surface area contributed by atoms with Gasteiger partial charge in [0.1, 0.15) is 5.01 Å². The molecule has 0 atom stereocenters. The first-order chi connectivity index (χ1) is 7.69. The van der Waals surface area contributed by atoms with Crippen LogP contribution in [0, 0.1) is 6.92 Å². The largest absolute Gasteiger partial charge is 0.298 e. The molecule has 16 heavy (non-hydrogen) atoms. The predicted octanol–water partition coefficient (Wildman–Crippen LogP) is 3.57. The first-order valence-electron chi connectivity index (χ1n) is 4.42. The minimum Gasteiger partial charge on any atom is -0.298 e. The van der Waals surface area contributed by atoms with Crippen molar-refractivity contribution in [3.05, 3.63) is 33.2 Å². The Morgan fingerprint density at radius 2 is 2.25 bits per heavy atom. The van der Waals surface area contributed by atoms with Gasteiger partial charge in [0.15, 0.2) is 10.6 Å². The van der Waals surface area contributed by atoms with Gasteiger partial charge >= 0.3 is 0 Å². The predicted molar refractivity (Wildman–Crippen MR) is 68.3 cm³/mol. The third-order valence-electron chi connectivity index (χ3n) is 1.81. The van der Waals surface area contributed by atoms with Crippen molar-refractivity contribution in [1.29, 1.82) is 0 Å². The molecule has 0 aliphatic heterocycles. The lowest BCUT2D eigenvalue weighted by Gasteiger charge is -2.00. The molecular formula is C10H7BrN2OS2. The van der Waals surface area contributed by atoms with Crippen LogP contribution in [0.2, 0.25) is 0 Å². The van der Waals surface area contributed by atoms with E-state index in [1.165, 1.54) is 0 Å². The number of aldehydes is 1. The first kappa shape index (κ1) is 11.8. The average molecular weight is 315 g/mol. The van der Waals surface area contributed by atoms with Gasteiger partial charge in [-0.05, 0) is 25.1 Å². The molecule has 1 aromatic heterocycles. The second-order valence-electron chi connectivity index (χ2n) is 2.99. The molecule has 82 valence electrons. The summed E-state index contributed by atoms with van der Waals surface area (Å²) in [6, 6.07) is 5.59. The Hall–Kier alpha value is -0.720. The quantitative estimate of drug-likeness (QED) is 0.812. The van der Waals surface area contributed by atoms with E-state index >= 15 is 0 Å². The normalized spacial score (nSPS) is 10.4. The van der Waals surface area contributed by atoms with Crippen molar-refractivity contribution in [1.82, 2.24) is 10.2 Å². The fourth-order valence-electron chi connectivity index (χ4n) is 1.09. The number of carbonyl (C=O) groups is 1. The molecule has 0 amide bonds. The van der Waals surface area contributed by atoms with Crippen molar-refractivity contribution in [2.24, 2.45) is 0 Å². The van der Waals surface area contributed by atoms with Crippen molar-refractivity contribution < 1.29 is 4.79 Å². The van der Waals surface area contributed by atoms with E-state index < -0.39 is 0 Å². The zero-order valence-electron chi connectivity index (χ0n) is 8.31. The maximum atomic E-state index is 10.6. The molecule has 1 aromatic carbocycles. The summed E-state index contributed by atoms with van der Waals surface area (Å²) in [7, 11) is 0. The fourth-order valence-corrected chi connectivity index (χ4v) is 3.54. The van der Waals surface area contributed by atoms with Crippen LogP contribution >= 0.6 is 39.0 Å². The highest BCUT2D eigenvalue weighted by Gasteiger charge is 2.05. The standard InChI is InChI=1S/C10H7BrN2OS2/c1-6-12-13-10(15-6)16-8-3-2-7(5-14)9(11)4-8/h2-5H,1H3.